The quantitative estimate of drug-likeness (QED) is 0.292. The highest BCUT2D eigenvalue weighted by atomic mass is 127. The molecule has 168 valence electrons. The molecule has 7 nitrogen and oxygen atoms in total. The SMILES string of the molecule is CCc1nc(CN2CCC(CNC(=NC)NCc3csc(N(C)C)n3)CC2)cs1.I. The van der Waals surface area contributed by atoms with E-state index >= 15 is 0 Å². The maximum Gasteiger partial charge on any atom is 0.191 e. The molecule has 30 heavy (non-hydrogen) atoms. The van der Waals surface area contributed by atoms with E-state index < -0.39 is 0 Å². The Kier molecular flexibility index (Phi) is 10.8. The Balaban J connectivity index is 0.00000320. The molecule has 3 heterocycles. The summed E-state index contributed by atoms with van der Waals surface area (Å²) in [6.45, 7) is 7.09. The van der Waals surface area contributed by atoms with E-state index in [0.717, 1.165) is 49.4 Å². The van der Waals surface area contributed by atoms with Crippen LogP contribution in [-0.2, 0) is 19.5 Å². The zero-order chi connectivity index (χ0) is 20.6. The number of hydrogen-bond acceptors (Lipinski definition) is 7. The highest BCUT2D eigenvalue weighted by Gasteiger charge is 2.20. The summed E-state index contributed by atoms with van der Waals surface area (Å²) in [5.41, 5.74) is 2.27. The Morgan fingerprint density at radius 3 is 2.50 bits per heavy atom. The van der Waals surface area contributed by atoms with Gasteiger partial charge in [-0.3, -0.25) is 9.89 Å². The predicted molar refractivity (Wildman–Crippen MR) is 140 cm³/mol. The highest BCUT2D eigenvalue weighted by Crippen LogP contribution is 2.20. The molecular formula is C20H34IN7S2. The highest BCUT2D eigenvalue weighted by molar-refractivity contribution is 14.0. The van der Waals surface area contributed by atoms with Crippen LogP contribution in [0.3, 0.4) is 0 Å². The molecule has 1 aliphatic heterocycles. The Labute approximate surface area is 205 Å². The van der Waals surface area contributed by atoms with Gasteiger partial charge >= 0.3 is 0 Å². The first kappa shape index (κ1) is 25.3. The zero-order valence-corrected chi connectivity index (χ0v) is 22.3. The largest absolute Gasteiger partial charge is 0.356 e. The van der Waals surface area contributed by atoms with E-state index in [-0.39, 0.29) is 24.0 Å². The van der Waals surface area contributed by atoms with Crippen LogP contribution >= 0.6 is 46.7 Å². The summed E-state index contributed by atoms with van der Waals surface area (Å²) in [5, 5.41) is 13.4. The molecule has 0 atom stereocenters. The van der Waals surface area contributed by atoms with Gasteiger partial charge < -0.3 is 15.5 Å². The predicted octanol–water partition coefficient (Wildman–Crippen LogP) is 3.42. The van der Waals surface area contributed by atoms with Gasteiger partial charge in [0, 0.05) is 45.0 Å². The molecule has 2 aromatic heterocycles. The van der Waals surface area contributed by atoms with Crippen molar-refractivity contribution in [2.75, 3.05) is 45.7 Å². The van der Waals surface area contributed by atoms with Crippen LogP contribution in [-0.4, -0.2) is 61.6 Å². The Bertz CT molecular complexity index is 782. The zero-order valence-electron chi connectivity index (χ0n) is 18.3. The van der Waals surface area contributed by atoms with Crippen molar-refractivity contribution >= 4 is 57.7 Å². The number of anilines is 1. The van der Waals surface area contributed by atoms with Crippen molar-refractivity contribution in [1.29, 1.82) is 0 Å². The van der Waals surface area contributed by atoms with E-state index in [0.29, 0.717) is 12.5 Å². The summed E-state index contributed by atoms with van der Waals surface area (Å²) in [4.78, 5) is 18.2. The minimum Gasteiger partial charge on any atom is -0.356 e. The molecule has 0 saturated carbocycles. The Morgan fingerprint density at radius 1 is 1.17 bits per heavy atom. The second-order valence-electron chi connectivity index (χ2n) is 7.63. The second kappa shape index (κ2) is 12.8. The van der Waals surface area contributed by atoms with Gasteiger partial charge in [-0.1, -0.05) is 6.92 Å². The van der Waals surface area contributed by atoms with Crippen molar-refractivity contribution in [2.24, 2.45) is 10.9 Å². The molecule has 2 N–H and O–H groups in total. The van der Waals surface area contributed by atoms with Crippen molar-refractivity contribution in [3.63, 3.8) is 0 Å². The minimum absolute atomic E-state index is 0. The average Bonchev–Trinajstić information content (AvgIpc) is 3.39. The van der Waals surface area contributed by atoms with Crippen molar-refractivity contribution in [2.45, 2.75) is 39.3 Å². The maximum absolute atomic E-state index is 4.70. The number of aromatic nitrogens is 2. The Hall–Kier alpha value is -0.980. The summed E-state index contributed by atoms with van der Waals surface area (Å²) in [7, 11) is 5.85. The third kappa shape index (κ3) is 7.61. The van der Waals surface area contributed by atoms with Gasteiger partial charge in [-0.05, 0) is 38.3 Å². The van der Waals surface area contributed by atoms with Crippen molar-refractivity contribution < 1.29 is 0 Å². The fourth-order valence-corrected chi connectivity index (χ4v) is 4.87. The number of thiazole rings is 2. The monoisotopic (exact) mass is 563 g/mol. The molecule has 0 aromatic carbocycles. The van der Waals surface area contributed by atoms with Crippen LogP contribution in [0.25, 0.3) is 0 Å². The van der Waals surface area contributed by atoms with Gasteiger partial charge in [0.25, 0.3) is 0 Å². The molecule has 10 heteroatoms. The first-order valence-electron chi connectivity index (χ1n) is 10.3. The van der Waals surface area contributed by atoms with Crippen LogP contribution in [0.2, 0.25) is 0 Å². The fraction of sp³-hybridized carbons (Fsp3) is 0.650. The number of nitrogens with zero attached hydrogens (tertiary/aromatic N) is 5. The van der Waals surface area contributed by atoms with Crippen LogP contribution in [0, 0.1) is 5.92 Å². The lowest BCUT2D eigenvalue weighted by Crippen LogP contribution is -2.42. The second-order valence-corrected chi connectivity index (χ2v) is 9.41. The fourth-order valence-electron chi connectivity index (χ4n) is 3.38. The van der Waals surface area contributed by atoms with Crippen LogP contribution in [0.1, 0.15) is 36.2 Å². The topological polar surface area (TPSA) is 68.7 Å². The smallest absolute Gasteiger partial charge is 0.191 e. The van der Waals surface area contributed by atoms with Gasteiger partial charge in [0.15, 0.2) is 11.1 Å². The Morgan fingerprint density at radius 2 is 1.90 bits per heavy atom. The summed E-state index contributed by atoms with van der Waals surface area (Å²) in [5.74, 6) is 1.53. The molecule has 1 aliphatic rings. The van der Waals surface area contributed by atoms with Crippen LogP contribution in [0.5, 0.6) is 0 Å². The molecule has 0 aliphatic carbocycles. The number of aliphatic imine (C=N–C) groups is 1. The van der Waals surface area contributed by atoms with Crippen LogP contribution in [0.4, 0.5) is 5.13 Å². The minimum atomic E-state index is 0. The lowest BCUT2D eigenvalue weighted by atomic mass is 9.97. The van der Waals surface area contributed by atoms with E-state index in [1.807, 2.05) is 26.0 Å². The van der Waals surface area contributed by atoms with Crippen molar-refractivity contribution in [1.82, 2.24) is 25.5 Å². The summed E-state index contributed by atoms with van der Waals surface area (Å²) >= 11 is 3.45. The molecule has 0 spiro atoms. The van der Waals surface area contributed by atoms with Gasteiger partial charge in [0.1, 0.15) is 0 Å². The molecule has 1 fully saturated rings. The third-order valence-electron chi connectivity index (χ3n) is 5.14. The molecule has 3 rings (SSSR count). The molecule has 2 aromatic rings. The standard InChI is InChI=1S/C20H33N7S2.HI/c1-5-18-24-17(14-28-18)12-27-8-6-15(7-9-27)10-22-19(21-2)23-11-16-13-29-20(25-16)26(3)4;/h13-15H,5-12H2,1-4H3,(H2,21,22,23);1H. The summed E-state index contributed by atoms with van der Waals surface area (Å²) in [6, 6.07) is 0. The van der Waals surface area contributed by atoms with E-state index in [4.69, 9.17) is 4.98 Å². The lowest BCUT2D eigenvalue weighted by molar-refractivity contribution is 0.176. The van der Waals surface area contributed by atoms with E-state index in [2.05, 4.69) is 43.2 Å². The number of hydrogen-bond donors (Lipinski definition) is 2. The molecule has 0 amide bonds. The number of halogens is 1. The van der Waals surface area contributed by atoms with E-state index in [9.17, 15) is 0 Å². The van der Waals surface area contributed by atoms with Gasteiger partial charge in [-0.2, -0.15) is 0 Å². The van der Waals surface area contributed by atoms with Gasteiger partial charge in [0.2, 0.25) is 0 Å². The third-order valence-corrected chi connectivity index (χ3v) is 7.23. The number of piperidine rings is 1. The van der Waals surface area contributed by atoms with Crippen LogP contribution < -0.4 is 15.5 Å². The number of likely N-dealkylation sites (tertiary alicyclic amines) is 1. The molecular weight excluding hydrogens is 529 g/mol. The molecule has 0 radical (unpaired) electrons. The number of guanidine groups is 1. The van der Waals surface area contributed by atoms with Gasteiger partial charge in [-0.15, -0.1) is 46.7 Å². The van der Waals surface area contributed by atoms with Gasteiger partial charge in [-0.25, -0.2) is 9.97 Å². The van der Waals surface area contributed by atoms with Gasteiger partial charge in [0.05, 0.1) is 22.9 Å². The van der Waals surface area contributed by atoms with Crippen molar-refractivity contribution in [3.05, 3.63) is 27.2 Å². The molecule has 0 unspecified atom stereocenters. The molecule has 0 bridgehead atoms. The number of nitrogens with one attached hydrogen (secondary N) is 2. The van der Waals surface area contributed by atoms with Crippen LogP contribution in [0.15, 0.2) is 15.8 Å². The average molecular weight is 564 g/mol. The molecule has 1 saturated heterocycles. The first-order valence-corrected chi connectivity index (χ1v) is 12.0. The van der Waals surface area contributed by atoms with E-state index in [1.54, 1.807) is 22.7 Å². The summed E-state index contributed by atoms with van der Waals surface area (Å²) < 4.78 is 0. The number of aryl methyl sites for hydroxylation is 1. The maximum atomic E-state index is 4.70. The lowest BCUT2D eigenvalue weighted by Gasteiger charge is -2.31. The normalized spacial score (nSPS) is 15.7. The van der Waals surface area contributed by atoms with E-state index in [1.165, 1.54) is 23.5 Å². The van der Waals surface area contributed by atoms with Crippen molar-refractivity contribution in [3.8, 4) is 0 Å². The summed E-state index contributed by atoms with van der Waals surface area (Å²) in [6.07, 6.45) is 3.47. The first-order chi connectivity index (χ1) is 14.1. The number of rotatable bonds is 8.